The number of halogens is 1. The summed E-state index contributed by atoms with van der Waals surface area (Å²) in [5.74, 6) is 0.999. The van der Waals surface area contributed by atoms with Crippen LogP contribution in [0.2, 0.25) is 5.02 Å². The summed E-state index contributed by atoms with van der Waals surface area (Å²) in [4.78, 5) is 13.0. The van der Waals surface area contributed by atoms with Crippen LogP contribution in [0.25, 0.3) is 11.0 Å². The van der Waals surface area contributed by atoms with Gasteiger partial charge >= 0.3 is 5.63 Å². The maximum atomic E-state index is 11.8. The van der Waals surface area contributed by atoms with Crippen molar-refractivity contribution in [2.75, 3.05) is 12.3 Å². The molecule has 0 unspecified atom stereocenters. The quantitative estimate of drug-likeness (QED) is 0.404. The molecule has 3 nitrogen and oxygen atoms in total. The Morgan fingerprint density at radius 2 is 1.80 bits per heavy atom. The zero-order valence-electron chi connectivity index (χ0n) is 14.3. The first-order valence-corrected chi connectivity index (χ1v) is 9.63. The minimum absolute atomic E-state index is 0.283. The summed E-state index contributed by atoms with van der Waals surface area (Å²) in [5, 5.41) is 4.02. The molecule has 3 rings (SSSR count). The number of thioether (sulfide) groups is 1. The molecule has 0 saturated carbocycles. The van der Waals surface area contributed by atoms with E-state index in [1.54, 1.807) is 17.8 Å². The van der Waals surface area contributed by atoms with Crippen LogP contribution in [-0.4, -0.2) is 12.3 Å². The van der Waals surface area contributed by atoms with Crippen molar-refractivity contribution >= 4 is 34.3 Å². The predicted molar refractivity (Wildman–Crippen MR) is 105 cm³/mol. The van der Waals surface area contributed by atoms with Crippen LogP contribution in [0.5, 0.6) is 0 Å². The molecule has 0 fully saturated rings. The second-order valence-corrected chi connectivity index (χ2v) is 7.71. The lowest BCUT2D eigenvalue weighted by Gasteiger charge is -2.08. The Labute approximate surface area is 156 Å². The fourth-order valence-corrected chi connectivity index (χ4v) is 3.68. The molecule has 0 bridgehead atoms. The SMILES string of the molecule is Cc1cc2oc(=O)cc(C[NH2+]CCSc3ccc(Cl)cc3)c2cc1C. The van der Waals surface area contributed by atoms with Crippen molar-refractivity contribution in [1.29, 1.82) is 0 Å². The molecule has 0 radical (unpaired) electrons. The Bertz CT molecular complexity index is 935. The van der Waals surface area contributed by atoms with Gasteiger partial charge in [0.25, 0.3) is 0 Å². The van der Waals surface area contributed by atoms with Gasteiger partial charge in [0, 0.05) is 32.7 Å². The second kappa shape index (κ2) is 8.09. The van der Waals surface area contributed by atoms with Crippen LogP contribution >= 0.6 is 23.4 Å². The molecule has 1 heterocycles. The highest BCUT2D eigenvalue weighted by Gasteiger charge is 2.09. The lowest BCUT2D eigenvalue weighted by atomic mass is 10.0. The molecule has 2 N–H and O–H groups in total. The van der Waals surface area contributed by atoms with Gasteiger partial charge < -0.3 is 9.73 Å². The van der Waals surface area contributed by atoms with Crippen LogP contribution in [0.4, 0.5) is 0 Å². The average molecular weight is 375 g/mol. The summed E-state index contributed by atoms with van der Waals surface area (Å²) in [7, 11) is 0. The number of hydrogen-bond acceptors (Lipinski definition) is 3. The zero-order chi connectivity index (χ0) is 17.8. The summed E-state index contributed by atoms with van der Waals surface area (Å²) in [6, 6.07) is 13.6. The van der Waals surface area contributed by atoms with Crippen LogP contribution in [0.15, 0.2) is 56.6 Å². The van der Waals surface area contributed by atoms with Gasteiger partial charge in [0.2, 0.25) is 0 Å². The van der Waals surface area contributed by atoms with Crippen molar-refractivity contribution < 1.29 is 9.73 Å². The third kappa shape index (κ3) is 4.66. The molecule has 25 heavy (non-hydrogen) atoms. The van der Waals surface area contributed by atoms with E-state index in [2.05, 4.69) is 18.3 Å². The van der Waals surface area contributed by atoms with Gasteiger partial charge in [0.1, 0.15) is 12.1 Å². The van der Waals surface area contributed by atoms with E-state index in [4.69, 9.17) is 16.0 Å². The Balaban J connectivity index is 1.62. The van der Waals surface area contributed by atoms with Crippen LogP contribution < -0.4 is 10.9 Å². The Morgan fingerprint density at radius 1 is 1.08 bits per heavy atom. The minimum Gasteiger partial charge on any atom is -0.423 e. The van der Waals surface area contributed by atoms with Gasteiger partial charge in [0.05, 0.1) is 6.54 Å². The first-order valence-electron chi connectivity index (χ1n) is 8.27. The molecular weight excluding hydrogens is 354 g/mol. The highest BCUT2D eigenvalue weighted by molar-refractivity contribution is 7.99. The number of aryl methyl sites for hydroxylation is 2. The maximum Gasteiger partial charge on any atom is 0.336 e. The Morgan fingerprint density at radius 3 is 2.56 bits per heavy atom. The molecule has 0 aliphatic rings. The molecule has 3 aromatic rings. The standard InChI is InChI=1S/C20H20ClNO2S/c1-13-9-18-15(11-20(23)24-19(18)10-14(13)2)12-22-7-8-25-17-5-3-16(21)4-6-17/h3-6,9-11,22H,7-8,12H2,1-2H3/p+1. The lowest BCUT2D eigenvalue weighted by Crippen LogP contribution is -2.83. The van der Waals surface area contributed by atoms with Gasteiger partial charge in [-0.2, -0.15) is 0 Å². The van der Waals surface area contributed by atoms with Gasteiger partial charge in [0.15, 0.2) is 0 Å². The third-order valence-electron chi connectivity index (χ3n) is 4.21. The zero-order valence-corrected chi connectivity index (χ0v) is 15.9. The molecule has 1 aromatic heterocycles. The van der Waals surface area contributed by atoms with E-state index in [0.717, 1.165) is 40.4 Å². The van der Waals surface area contributed by atoms with Gasteiger partial charge in [-0.3, -0.25) is 0 Å². The second-order valence-electron chi connectivity index (χ2n) is 6.11. The number of nitrogens with two attached hydrogens (primary N) is 1. The normalized spacial score (nSPS) is 11.2. The van der Waals surface area contributed by atoms with Crippen LogP contribution in [-0.2, 0) is 6.54 Å². The summed E-state index contributed by atoms with van der Waals surface area (Å²) in [6.45, 7) is 5.85. The summed E-state index contributed by atoms with van der Waals surface area (Å²) >= 11 is 7.70. The molecule has 0 amide bonds. The summed E-state index contributed by atoms with van der Waals surface area (Å²) in [5.41, 5.74) is 3.77. The molecule has 0 aliphatic carbocycles. The van der Waals surface area contributed by atoms with Crippen molar-refractivity contribution in [2.24, 2.45) is 0 Å². The fourth-order valence-electron chi connectivity index (χ4n) is 2.70. The highest BCUT2D eigenvalue weighted by Crippen LogP contribution is 2.21. The van der Waals surface area contributed by atoms with Crippen molar-refractivity contribution in [1.82, 2.24) is 0 Å². The van der Waals surface area contributed by atoms with Gasteiger partial charge in [-0.15, -0.1) is 11.8 Å². The number of fused-ring (bicyclic) bond motifs is 1. The summed E-state index contributed by atoms with van der Waals surface area (Å²) < 4.78 is 5.35. The van der Waals surface area contributed by atoms with E-state index in [9.17, 15) is 4.79 Å². The Hall–Kier alpha value is -1.75. The van der Waals surface area contributed by atoms with E-state index < -0.39 is 0 Å². The molecule has 0 saturated heterocycles. The molecule has 130 valence electrons. The van der Waals surface area contributed by atoms with Crippen LogP contribution in [0, 0.1) is 13.8 Å². The average Bonchev–Trinajstić information content (AvgIpc) is 2.58. The lowest BCUT2D eigenvalue weighted by molar-refractivity contribution is -0.666. The number of quaternary nitrogens is 1. The monoisotopic (exact) mass is 374 g/mol. The van der Waals surface area contributed by atoms with Crippen molar-refractivity contribution in [2.45, 2.75) is 25.3 Å². The van der Waals surface area contributed by atoms with Crippen molar-refractivity contribution in [3.8, 4) is 0 Å². The predicted octanol–water partition coefficient (Wildman–Crippen LogP) is 3.92. The van der Waals surface area contributed by atoms with Crippen LogP contribution in [0.1, 0.15) is 16.7 Å². The van der Waals surface area contributed by atoms with Gasteiger partial charge in [-0.1, -0.05) is 11.6 Å². The molecular formula is C20H21ClNO2S+. The van der Waals surface area contributed by atoms with Crippen molar-refractivity contribution in [3.05, 3.63) is 74.6 Å². The van der Waals surface area contributed by atoms with Gasteiger partial charge in [-0.25, -0.2) is 4.79 Å². The van der Waals surface area contributed by atoms with E-state index >= 15 is 0 Å². The Kier molecular flexibility index (Phi) is 5.84. The first kappa shape index (κ1) is 18.1. The molecule has 0 spiro atoms. The number of rotatable bonds is 6. The smallest absolute Gasteiger partial charge is 0.336 e. The third-order valence-corrected chi connectivity index (χ3v) is 5.51. The number of hydrogen-bond donors (Lipinski definition) is 1. The van der Waals surface area contributed by atoms with Gasteiger partial charge in [-0.05, 0) is 61.4 Å². The van der Waals surface area contributed by atoms with Crippen LogP contribution in [0.3, 0.4) is 0 Å². The van der Waals surface area contributed by atoms with Crippen molar-refractivity contribution in [3.63, 3.8) is 0 Å². The summed E-state index contributed by atoms with van der Waals surface area (Å²) in [6.07, 6.45) is 0. The van der Waals surface area contributed by atoms with E-state index in [1.165, 1.54) is 10.5 Å². The molecule has 0 aliphatic heterocycles. The fraction of sp³-hybridized carbons (Fsp3) is 0.250. The first-order chi connectivity index (χ1) is 12.0. The van der Waals surface area contributed by atoms with E-state index in [1.807, 2.05) is 37.3 Å². The topological polar surface area (TPSA) is 46.8 Å². The number of benzene rings is 2. The maximum absolute atomic E-state index is 11.8. The molecule has 0 atom stereocenters. The molecule has 2 aromatic carbocycles. The van der Waals surface area contributed by atoms with E-state index in [-0.39, 0.29) is 5.63 Å². The molecule has 5 heteroatoms. The largest absolute Gasteiger partial charge is 0.423 e. The highest BCUT2D eigenvalue weighted by atomic mass is 35.5. The van der Waals surface area contributed by atoms with E-state index in [0.29, 0.717) is 5.58 Å². The minimum atomic E-state index is -0.283.